The molecule has 0 bridgehead atoms. The molecular formula is C17H17Cl2N5O2. The van der Waals surface area contributed by atoms with Crippen LogP contribution in [0.1, 0.15) is 18.7 Å². The van der Waals surface area contributed by atoms with Crippen LogP contribution in [0.2, 0.25) is 10.0 Å². The first-order valence-electron chi connectivity index (χ1n) is 7.85. The van der Waals surface area contributed by atoms with Crippen molar-refractivity contribution >= 4 is 34.8 Å². The number of hydrogen-bond donors (Lipinski definition) is 1. The summed E-state index contributed by atoms with van der Waals surface area (Å²) in [6.45, 7) is 3.75. The summed E-state index contributed by atoms with van der Waals surface area (Å²) in [5.41, 5.74) is 1.30. The maximum atomic E-state index is 12.4. The van der Waals surface area contributed by atoms with Gasteiger partial charge in [-0.05, 0) is 32.0 Å². The Labute approximate surface area is 160 Å². The van der Waals surface area contributed by atoms with Gasteiger partial charge in [-0.3, -0.25) is 9.48 Å². The number of aromatic nitrogens is 4. The molecule has 0 radical (unpaired) electrons. The molecule has 7 nitrogen and oxygen atoms in total. The van der Waals surface area contributed by atoms with Crippen molar-refractivity contribution in [3.63, 3.8) is 0 Å². The fourth-order valence-corrected chi connectivity index (χ4v) is 2.66. The lowest BCUT2D eigenvalue weighted by Gasteiger charge is -2.13. The molecule has 3 aromatic rings. The van der Waals surface area contributed by atoms with Gasteiger partial charge in [-0.2, -0.15) is 10.2 Å². The predicted molar refractivity (Wildman–Crippen MR) is 99.6 cm³/mol. The van der Waals surface area contributed by atoms with E-state index in [0.29, 0.717) is 21.5 Å². The summed E-state index contributed by atoms with van der Waals surface area (Å²) >= 11 is 11.9. The van der Waals surface area contributed by atoms with Gasteiger partial charge >= 0.3 is 0 Å². The van der Waals surface area contributed by atoms with Crippen molar-refractivity contribution in [3.05, 3.63) is 58.6 Å². The molecule has 9 heteroatoms. The Hall–Kier alpha value is -2.51. The highest BCUT2D eigenvalue weighted by Crippen LogP contribution is 2.20. The molecule has 0 aliphatic carbocycles. The van der Waals surface area contributed by atoms with Crippen molar-refractivity contribution in [2.24, 2.45) is 0 Å². The molecule has 1 N–H and O–H groups in total. The second-order valence-electron chi connectivity index (χ2n) is 5.69. The second-order valence-corrected chi connectivity index (χ2v) is 6.53. The lowest BCUT2D eigenvalue weighted by Crippen LogP contribution is -2.25. The first-order chi connectivity index (χ1) is 12.4. The number of carbonyl (C=O) groups excluding carboxylic acids is 1. The Kier molecular flexibility index (Phi) is 5.49. The van der Waals surface area contributed by atoms with E-state index < -0.39 is 6.04 Å². The van der Waals surface area contributed by atoms with Gasteiger partial charge in [-0.25, -0.2) is 4.68 Å². The van der Waals surface area contributed by atoms with Crippen LogP contribution in [0.5, 0.6) is 5.75 Å². The lowest BCUT2D eigenvalue weighted by atomic mass is 10.3. The molecule has 0 fully saturated rings. The van der Waals surface area contributed by atoms with Gasteiger partial charge in [0, 0.05) is 5.02 Å². The highest BCUT2D eigenvalue weighted by Gasteiger charge is 2.19. The molecule has 1 aromatic carbocycles. The average Bonchev–Trinajstić information content (AvgIpc) is 3.20. The zero-order valence-electron chi connectivity index (χ0n) is 14.2. The Morgan fingerprint density at radius 3 is 2.81 bits per heavy atom. The van der Waals surface area contributed by atoms with Crippen LogP contribution in [-0.2, 0) is 11.5 Å². The van der Waals surface area contributed by atoms with Crippen LogP contribution in [0, 0.1) is 6.92 Å². The third-order valence-corrected chi connectivity index (χ3v) is 4.40. The largest absolute Gasteiger partial charge is 0.471 e. The molecule has 1 amide bonds. The summed E-state index contributed by atoms with van der Waals surface area (Å²) in [4.78, 5) is 12.4. The molecule has 0 aliphatic heterocycles. The van der Waals surface area contributed by atoms with Crippen LogP contribution in [0.3, 0.4) is 0 Å². The summed E-state index contributed by atoms with van der Waals surface area (Å²) in [5, 5.41) is 12.2. The highest BCUT2D eigenvalue weighted by atomic mass is 35.5. The molecule has 2 heterocycles. The van der Waals surface area contributed by atoms with Gasteiger partial charge in [-0.1, -0.05) is 29.3 Å². The molecule has 1 unspecified atom stereocenters. The van der Waals surface area contributed by atoms with Crippen LogP contribution >= 0.6 is 23.2 Å². The Balaban J connectivity index is 1.59. The van der Waals surface area contributed by atoms with Crippen LogP contribution in [0.4, 0.5) is 5.69 Å². The van der Waals surface area contributed by atoms with Gasteiger partial charge < -0.3 is 10.1 Å². The van der Waals surface area contributed by atoms with Crippen molar-refractivity contribution in [2.45, 2.75) is 26.6 Å². The smallest absolute Gasteiger partial charge is 0.249 e. The van der Waals surface area contributed by atoms with E-state index in [2.05, 4.69) is 15.5 Å². The van der Waals surface area contributed by atoms with Crippen LogP contribution < -0.4 is 10.1 Å². The van der Waals surface area contributed by atoms with E-state index in [9.17, 15) is 4.79 Å². The molecule has 0 aliphatic rings. The third kappa shape index (κ3) is 4.17. The SMILES string of the molecule is Cc1c(Cl)cnn1C(C)C(=O)Nc1cnn(COc2cccc(Cl)c2)c1. The van der Waals surface area contributed by atoms with Gasteiger partial charge in [0.15, 0.2) is 6.73 Å². The summed E-state index contributed by atoms with van der Waals surface area (Å²) in [7, 11) is 0. The maximum Gasteiger partial charge on any atom is 0.249 e. The summed E-state index contributed by atoms with van der Waals surface area (Å²) < 4.78 is 8.74. The van der Waals surface area contributed by atoms with Crippen molar-refractivity contribution < 1.29 is 9.53 Å². The van der Waals surface area contributed by atoms with Crippen molar-refractivity contribution in [2.75, 3.05) is 5.32 Å². The number of nitrogens with zero attached hydrogens (tertiary/aromatic N) is 4. The van der Waals surface area contributed by atoms with E-state index >= 15 is 0 Å². The average molecular weight is 394 g/mol. The van der Waals surface area contributed by atoms with Crippen molar-refractivity contribution in [1.82, 2.24) is 19.6 Å². The van der Waals surface area contributed by atoms with E-state index in [0.717, 1.165) is 5.69 Å². The summed E-state index contributed by atoms with van der Waals surface area (Å²) in [6.07, 6.45) is 4.75. The number of ether oxygens (including phenoxy) is 1. The third-order valence-electron chi connectivity index (χ3n) is 3.79. The number of anilines is 1. The summed E-state index contributed by atoms with van der Waals surface area (Å²) in [6, 6.07) is 6.58. The molecule has 1 atom stereocenters. The molecule has 0 saturated heterocycles. The van der Waals surface area contributed by atoms with Crippen molar-refractivity contribution in [1.29, 1.82) is 0 Å². The fraction of sp³-hybridized carbons (Fsp3) is 0.235. The zero-order chi connectivity index (χ0) is 18.7. The number of hydrogen-bond acceptors (Lipinski definition) is 4. The standard InChI is InChI=1S/C17H17Cl2N5O2/c1-11-16(19)8-21-24(11)12(2)17(25)22-14-7-20-23(9-14)10-26-15-5-3-4-13(18)6-15/h3-9,12H,10H2,1-2H3,(H,22,25). The molecule has 136 valence electrons. The van der Waals surface area contributed by atoms with Gasteiger partial charge in [0.1, 0.15) is 11.8 Å². The second kappa shape index (κ2) is 7.80. The summed E-state index contributed by atoms with van der Waals surface area (Å²) in [5.74, 6) is 0.418. The van der Waals surface area contributed by atoms with Crippen LogP contribution in [0.15, 0.2) is 42.9 Å². The van der Waals surface area contributed by atoms with E-state index in [1.165, 1.54) is 6.20 Å². The van der Waals surface area contributed by atoms with Crippen LogP contribution in [0.25, 0.3) is 0 Å². The van der Waals surface area contributed by atoms with Gasteiger partial charge in [0.05, 0.1) is 35.0 Å². The molecule has 2 aromatic heterocycles. The Morgan fingerprint density at radius 2 is 2.12 bits per heavy atom. The highest BCUT2D eigenvalue weighted by molar-refractivity contribution is 6.31. The fourth-order valence-electron chi connectivity index (χ4n) is 2.35. The molecule has 0 spiro atoms. The van der Waals surface area contributed by atoms with Crippen LogP contribution in [-0.4, -0.2) is 25.5 Å². The first kappa shape index (κ1) is 18.3. The number of carbonyl (C=O) groups is 1. The van der Waals surface area contributed by atoms with Gasteiger partial charge in [0.2, 0.25) is 5.91 Å². The van der Waals surface area contributed by atoms with E-state index in [-0.39, 0.29) is 12.6 Å². The number of halogens is 2. The minimum atomic E-state index is -0.506. The van der Waals surface area contributed by atoms with E-state index in [4.69, 9.17) is 27.9 Å². The molecule has 3 rings (SSSR count). The Morgan fingerprint density at radius 1 is 1.31 bits per heavy atom. The van der Waals surface area contributed by atoms with E-state index in [1.54, 1.807) is 52.9 Å². The molecular weight excluding hydrogens is 377 g/mol. The predicted octanol–water partition coefficient (Wildman–Crippen LogP) is 3.93. The minimum absolute atomic E-state index is 0.194. The van der Waals surface area contributed by atoms with E-state index in [1.807, 2.05) is 6.92 Å². The zero-order valence-corrected chi connectivity index (χ0v) is 15.7. The molecule has 0 saturated carbocycles. The Bertz CT molecular complexity index is 922. The molecule has 26 heavy (non-hydrogen) atoms. The topological polar surface area (TPSA) is 74.0 Å². The normalized spacial score (nSPS) is 12.0. The maximum absolute atomic E-state index is 12.4. The van der Waals surface area contributed by atoms with Gasteiger partial charge in [0.25, 0.3) is 0 Å². The lowest BCUT2D eigenvalue weighted by molar-refractivity contribution is -0.119. The number of benzene rings is 1. The quantitative estimate of drug-likeness (QED) is 0.688. The van der Waals surface area contributed by atoms with Gasteiger partial charge in [-0.15, -0.1) is 0 Å². The number of nitrogens with one attached hydrogen (secondary N) is 1. The minimum Gasteiger partial charge on any atom is -0.471 e. The van der Waals surface area contributed by atoms with Crippen molar-refractivity contribution in [3.8, 4) is 5.75 Å². The first-order valence-corrected chi connectivity index (χ1v) is 8.61. The number of amides is 1. The monoisotopic (exact) mass is 393 g/mol. The number of rotatable bonds is 6.